The predicted molar refractivity (Wildman–Crippen MR) is 112 cm³/mol. The Morgan fingerprint density at radius 3 is 2.62 bits per heavy atom. The van der Waals surface area contributed by atoms with Crippen LogP contribution in [0.4, 0.5) is 0 Å². The van der Waals surface area contributed by atoms with Crippen molar-refractivity contribution in [3.05, 3.63) is 70.5 Å². The normalized spacial score (nSPS) is 16.2. The molecule has 0 aliphatic carbocycles. The molecule has 1 aromatic heterocycles. The van der Waals surface area contributed by atoms with Crippen molar-refractivity contribution in [3.8, 4) is 0 Å². The molecule has 0 atom stereocenters. The van der Waals surface area contributed by atoms with Crippen LogP contribution >= 0.6 is 35.0 Å². The minimum atomic E-state index is 0.606. The molecule has 2 aromatic carbocycles. The lowest BCUT2D eigenvalue weighted by atomic mass is 10.1. The van der Waals surface area contributed by atoms with Crippen molar-refractivity contribution in [3.63, 3.8) is 0 Å². The number of likely N-dealkylation sites (tertiary alicyclic amines) is 1. The summed E-state index contributed by atoms with van der Waals surface area (Å²) in [5.74, 6) is 0. The quantitative estimate of drug-likeness (QED) is 0.509. The number of pyridine rings is 1. The third-order valence-electron chi connectivity index (χ3n) is 4.87. The van der Waals surface area contributed by atoms with E-state index in [1.165, 1.54) is 28.7 Å². The van der Waals surface area contributed by atoms with Crippen LogP contribution in [-0.2, 0) is 6.54 Å². The van der Waals surface area contributed by atoms with Gasteiger partial charge in [0.15, 0.2) is 0 Å². The van der Waals surface area contributed by atoms with Crippen molar-refractivity contribution in [2.75, 3.05) is 13.1 Å². The molecule has 0 N–H and O–H groups in total. The molecule has 0 radical (unpaired) electrons. The van der Waals surface area contributed by atoms with Crippen LogP contribution in [0.3, 0.4) is 0 Å². The third kappa shape index (κ3) is 4.17. The number of piperidine rings is 1. The highest BCUT2D eigenvalue weighted by Gasteiger charge is 2.21. The molecule has 0 unspecified atom stereocenters. The number of rotatable bonds is 4. The van der Waals surface area contributed by atoms with E-state index in [0.29, 0.717) is 5.25 Å². The van der Waals surface area contributed by atoms with E-state index in [9.17, 15) is 0 Å². The summed E-state index contributed by atoms with van der Waals surface area (Å²) in [5, 5.41) is 4.59. The molecule has 2 nitrogen and oxygen atoms in total. The van der Waals surface area contributed by atoms with Crippen LogP contribution in [0.1, 0.15) is 18.4 Å². The summed E-state index contributed by atoms with van der Waals surface area (Å²) in [6, 6.07) is 14.4. The highest BCUT2D eigenvalue weighted by molar-refractivity contribution is 8.00. The maximum Gasteiger partial charge on any atom is 0.0548 e. The molecule has 1 fully saturated rings. The van der Waals surface area contributed by atoms with Crippen molar-refractivity contribution in [1.29, 1.82) is 0 Å². The molecular weight excluding hydrogens is 383 g/mol. The summed E-state index contributed by atoms with van der Waals surface area (Å²) in [7, 11) is 0. The first kappa shape index (κ1) is 18.1. The zero-order valence-corrected chi connectivity index (χ0v) is 16.7. The number of hydrogen-bond donors (Lipinski definition) is 0. The molecule has 0 saturated carbocycles. The Labute approximate surface area is 168 Å². The smallest absolute Gasteiger partial charge is 0.0548 e. The summed E-state index contributed by atoms with van der Waals surface area (Å²) in [5.41, 5.74) is 1.21. The van der Waals surface area contributed by atoms with Gasteiger partial charge in [0.05, 0.1) is 5.02 Å². The fraction of sp³-hybridized carbons (Fsp3) is 0.286. The highest BCUT2D eigenvalue weighted by atomic mass is 35.5. The largest absolute Gasteiger partial charge is 0.299 e. The van der Waals surface area contributed by atoms with Crippen molar-refractivity contribution in [2.24, 2.45) is 0 Å². The van der Waals surface area contributed by atoms with Crippen LogP contribution in [0.2, 0.25) is 10.0 Å². The first-order chi connectivity index (χ1) is 12.7. The third-order valence-corrected chi connectivity index (χ3v) is 7.06. The van der Waals surface area contributed by atoms with Crippen LogP contribution in [0.5, 0.6) is 0 Å². The lowest BCUT2D eigenvalue weighted by molar-refractivity contribution is 0.225. The Kier molecular flexibility index (Phi) is 5.70. The number of benzene rings is 2. The van der Waals surface area contributed by atoms with Crippen molar-refractivity contribution in [2.45, 2.75) is 29.5 Å². The average Bonchev–Trinajstić information content (AvgIpc) is 2.66. The minimum Gasteiger partial charge on any atom is -0.299 e. The second-order valence-electron chi connectivity index (χ2n) is 6.69. The summed E-state index contributed by atoms with van der Waals surface area (Å²) in [6.07, 6.45) is 6.03. The molecule has 0 amide bonds. The number of aromatic nitrogens is 1. The van der Waals surface area contributed by atoms with Gasteiger partial charge in [0.1, 0.15) is 0 Å². The van der Waals surface area contributed by atoms with Crippen molar-refractivity contribution in [1.82, 2.24) is 9.88 Å². The van der Waals surface area contributed by atoms with Gasteiger partial charge in [0.25, 0.3) is 0 Å². The van der Waals surface area contributed by atoms with Gasteiger partial charge in [0, 0.05) is 39.5 Å². The van der Waals surface area contributed by atoms with Gasteiger partial charge in [-0.15, -0.1) is 11.8 Å². The molecular formula is C21H20Cl2N2S. The number of hydrogen-bond acceptors (Lipinski definition) is 3. The van der Waals surface area contributed by atoms with E-state index < -0.39 is 0 Å². The summed E-state index contributed by atoms with van der Waals surface area (Å²) in [6.45, 7) is 3.12. The fourth-order valence-electron chi connectivity index (χ4n) is 3.41. The van der Waals surface area contributed by atoms with E-state index in [-0.39, 0.29) is 0 Å². The lowest BCUT2D eigenvalue weighted by Crippen LogP contribution is -2.34. The Morgan fingerprint density at radius 2 is 1.81 bits per heavy atom. The molecule has 134 valence electrons. The number of fused-ring (bicyclic) bond motifs is 1. The Balaban J connectivity index is 1.38. The van der Waals surface area contributed by atoms with Gasteiger partial charge >= 0.3 is 0 Å². The van der Waals surface area contributed by atoms with Crippen molar-refractivity contribution < 1.29 is 0 Å². The van der Waals surface area contributed by atoms with E-state index in [0.717, 1.165) is 35.1 Å². The standard InChI is InChI=1S/C21H20Cl2N2S/c22-19-4-2-1-3-16(19)14-25-9-6-18(7-10-25)26-21-12-15-5-8-24-13-17(15)11-20(21)23/h1-5,8,11-13,18H,6-7,9-10,14H2. The summed E-state index contributed by atoms with van der Waals surface area (Å²) < 4.78 is 0. The zero-order valence-electron chi connectivity index (χ0n) is 14.4. The van der Waals surface area contributed by atoms with Gasteiger partial charge in [-0.2, -0.15) is 0 Å². The fourth-order valence-corrected chi connectivity index (χ4v) is 5.08. The molecule has 4 rings (SSSR count). The maximum atomic E-state index is 6.50. The van der Waals surface area contributed by atoms with Gasteiger partial charge in [-0.25, -0.2) is 0 Å². The van der Waals surface area contributed by atoms with Crippen LogP contribution < -0.4 is 0 Å². The minimum absolute atomic E-state index is 0.606. The average molecular weight is 403 g/mol. The highest BCUT2D eigenvalue weighted by Crippen LogP contribution is 2.37. The van der Waals surface area contributed by atoms with Gasteiger partial charge in [-0.05, 0) is 61.1 Å². The van der Waals surface area contributed by atoms with E-state index in [4.69, 9.17) is 23.2 Å². The second kappa shape index (κ2) is 8.18. The van der Waals surface area contributed by atoms with Gasteiger partial charge in [-0.1, -0.05) is 41.4 Å². The molecule has 2 heterocycles. The van der Waals surface area contributed by atoms with Gasteiger partial charge in [-0.3, -0.25) is 9.88 Å². The van der Waals surface area contributed by atoms with Gasteiger partial charge < -0.3 is 0 Å². The maximum absolute atomic E-state index is 6.50. The van der Waals surface area contributed by atoms with E-state index >= 15 is 0 Å². The summed E-state index contributed by atoms with van der Waals surface area (Å²) in [4.78, 5) is 7.84. The van der Waals surface area contributed by atoms with Gasteiger partial charge in [0.2, 0.25) is 0 Å². The molecule has 0 spiro atoms. The van der Waals surface area contributed by atoms with Crippen LogP contribution in [-0.4, -0.2) is 28.2 Å². The van der Waals surface area contributed by atoms with E-state index in [2.05, 4.69) is 28.1 Å². The first-order valence-corrected chi connectivity index (χ1v) is 10.5. The number of halogens is 2. The van der Waals surface area contributed by atoms with Crippen LogP contribution in [0, 0.1) is 0 Å². The Morgan fingerprint density at radius 1 is 1.00 bits per heavy atom. The Bertz CT molecular complexity index is 907. The second-order valence-corrected chi connectivity index (χ2v) is 8.85. The molecule has 1 saturated heterocycles. The Hall–Kier alpha value is -1.26. The molecule has 5 heteroatoms. The zero-order chi connectivity index (χ0) is 17.9. The SMILES string of the molecule is Clc1ccccc1CN1CCC(Sc2cc3ccncc3cc2Cl)CC1. The number of thioether (sulfide) groups is 1. The molecule has 1 aliphatic rings. The molecule has 1 aliphatic heterocycles. The van der Waals surface area contributed by atoms with E-state index in [1.807, 2.05) is 48.4 Å². The van der Waals surface area contributed by atoms with Crippen molar-refractivity contribution >= 4 is 45.7 Å². The van der Waals surface area contributed by atoms with E-state index in [1.54, 1.807) is 0 Å². The monoisotopic (exact) mass is 402 g/mol. The lowest BCUT2D eigenvalue weighted by Gasteiger charge is -2.32. The molecule has 26 heavy (non-hydrogen) atoms. The molecule has 0 bridgehead atoms. The number of nitrogens with zero attached hydrogens (tertiary/aromatic N) is 2. The first-order valence-electron chi connectivity index (χ1n) is 8.85. The van der Waals surface area contributed by atoms with Crippen LogP contribution in [0.15, 0.2) is 59.8 Å². The molecule has 3 aromatic rings. The predicted octanol–water partition coefficient (Wildman–Crippen LogP) is 6.30. The van der Waals surface area contributed by atoms with Crippen LogP contribution in [0.25, 0.3) is 10.8 Å². The summed E-state index contributed by atoms with van der Waals surface area (Å²) >= 11 is 14.7. The topological polar surface area (TPSA) is 16.1 Å².